The van der Waals surface area contributed by atoms with Gasteiger partial charge >= 0.3 is 0 Å². The summed E-state index contributed by atoms with van der Waals surface area (Å²) < 4.78 is 27.0. The first-order valence-electron chi connectivity index (χ1n) is 8.04. The van der Waals surface area contributed by atoms with Crippen molar-refractivity contribution in [3.63, 3.8) is 0 Å². The van der Waals surface area contributed by atoms with E-state index in [2.05, 4.69) is 0 Å². The minimum atomic E-state index is -0.611. The summed E-state index contributed by atoms with van der Waals surface area (Å²) in [7, 11) is 5.69. The molecule has 0 radical (unpaired) electrons. The van der Waals surface area contributed by atoms with Gasteiger partial charge in [0.15, 0.2) is 17.3 Å². The van der Waals surface area contributed by atoms with Crippen molar-refractivity contribution >= 4 is 17.4 Å². The third-order valence-corrected chi connectivity index (χ3v) is 4.66. The third kappa shape index (κ3) is 3.08. The lowest BCUT2D eigenvalue weighted by Gasteiger charge is -2.29. The van der Waals surface area contributed by atoms with Gasteiger partial charge in [0.2, 0.25) is 17.2 Å². The van der Waals surface area contributed by atoms with E-state index in [1.165, 1.54) is 28.4 Å². The van der Waals surface area contributed by atoms with Crippen molar-refractivity contribution < 1.29 is 33.6 Å². The zero-order chi connectivity index (χ0) is 19.7. The van der Waals surface area contributed by atoms with Crippen LogP contribution in [0.3, 0.4) is 0 Å². The van der Waals surface area contributed by atoms with Crippen molar-refractivity contribution in [2.45, 2.75) is 12.5 Å². The second-order valence-corrected chi connectivity index (χ2v) is 6.19. The molecule has 27 heavy (non-hydrogen) atoms. The zero-order valence-electron chi connectivity index (χ0n) is 15.3. The summed E-state index contributed by atoms with van der Waals surface area (Å²) in [5, 5.41) is 10.9. The maximum Gasteiger partial charge on any atom is 0.211 e. The molecule has 1 aliphatic heterocycles. The summed E-state index contributed by atoms with van der Waals surface area (Å²) in [5.74, 6) is 0.269. The molecule has 1 N–H and O–H groups in total. The van der Waals surface area contributed by atoms with Crippen molar-refractivity contribution in [1.82, 2.24) is 0 Å². The molecule has 7 nitrogen and oxygen atoms in total. The number of rotatable bonds is 5. The lowest BCUT2D eigenvalue weighted by molar-refractivity contribution is 0.0834. The number of benzene rings is 2. The Bertz CT molecular complexity index is 894. The van der Waals surface area contributed by atoms with Gasteiger partial charge in [-0.15, -0.1) is 0 Å². The number of hydrogen-bond acceptors (Lipinski definition) is 7. The molecule has 0 bridgehead atoms. The Labute approximate surface area is 161 Å². The summed E-state index contributed by atoms with van der Waals surface area (Å²) in [6, 6.07) is 5.14. The summed E-state index contributed by atoms with van der Waals surface area (Å²) in [6.45, 7) is 0. The number of Topliss-reactive ketones (excluding diaryl/α,β-unsaturated/α-hetero) is 1. The molecule has 0 amide bonds. The van der Waals surface area contributed by atoms with E-state index < -0.39 is 6.10 Å². The molecule has 1 aliphatic rings. The van der Waals surface area contributed by atoms with Crippen LogP contribution in [0.1, 0.15) is 28.4 Å². The Morgan fingerprint density at radius 3 is 2.26 bits per heavy atom. The molecule has 3 rings (SSSR count). The first-order chi connectivity index (χ1) is 13.0. The average molecular weight is 395 g/mol. The molecule has 0 spiro atoms. The maximum absolute atomic E-state index is 12.8. The van der Waals surface area contributed by atoms with Crippen molar-refractivity contribution in [1.29, 1.82) is 0 Å². The first kappa shape index (κ1) is 19.0. The van der Waals surface area contributed by atoms with Gasteiger partial charge in [-0.2, -0.15) is 0 Å². The summed E-state index contributed by atoms with van der Waals surface area (Å²) in [6.07, 6.45) is -0.596. The molecule has 144 valence electrons. The monoisotopic (exact) mass is 394 g/mol. The fourth-order valence-corrected chi connectivity index (χ4v) is 3.37. The van der Waals surface area contributed by atoms with Crippen LogP contribution in [0.4, 0.5) is 0 Å². The van der Waals surface area contributed by atoms with Crippen LogP contribution < -0.4 is 23.7 Å². The quantitative estimate of drug-likeness (QED) is 0.825. The van der Waals surface area contributed by atoms with Crippen molar-refractivity contribution in [2.75, 3.05) is 28.4 Å². The largest absolute Gasteiger partial charge is 0.504 e. The highest BCUT2D eigenvalue weighted by Crippen LogP contribution is 2.56. The molecule has 1 unspecified atom stereocenters. The van der Waals surface area contributed by atoms with Gasteiger partial charge in [0.25, 0.3) is 0 Å². The third-order valence-electron chi connectivity index (χ3n) is 4.37. The summed E-state index contributed by atoms with van der Waals surface area (Å²) >= 11 is 6.19. The van der Waals surface area contributed by atoms with Crippen LogP contribution in [0.2, 0.25) is 5.02 Å². The normalized spacial score (nSPS) is 15.6. The summed E-state index contributed by atoms with van der Waals surface area (Å²) in [4.78, 5) is 12.8. The Hall–Kier alpha value is -2.80. The van der Waals surface area contributed by atoms with Crippen LogP contribution in [0.25, 0.3) is 0 Å². The Balaban J connectivity index is 2.13. The molecule has 8 heteroatoms. The number of carbonyl (C=O) groups is 1. The minimum Gasteiger partial charge on any atom is -0.504 e. The van der Waals surface area contributed by atoms with Gasteiger partial charge in [-0.25, -0.2) is 0 Å². The van der Waals surface area contributed by atoms with E-state index in [1.807, 2.05) is 0 Å². The van der Waals surface area contributed by atoms with E-state index in [0.29, 0.717) is 16.3 Å². The minimum absolute atomic E-state index is 0.000332. The van der Waals surface area contributed by atoms with Gasteiger partial charge < -0.3 is 28.8 Å². The predicted molar refractivity (Wildman–Crippen MR) is 98.1 cm³/mol. The number of ether oxygens (including phenoxy) is 5. The highest BCUT2D eigenvalue weighted by molar-refractivity contribution is 6.32. The van der Waals surface area contributed by atoms with Crippen LogP contribution >= 0.6 is 11.6 Å². The van der Waals surface area contributed by atoms with Gasteiger partial charge in [-0.3, -0.25) is 4.79 Å². The molecular formula is C19H19ClO7. The maximum atomic E-state index is 12.8. The van der Waals surface area contributed by atoms with Gasteiger partial charge in [-0.1, -0.05) is 17.7 Å². The zero-order valence-corrected chi connectivity index (χ0v) is 16.0. The van der Waals surface area contributed by atoms with Gasteiger partial charge in [0.1, 0.15) is 17.4 Å². The van der Waals surface area contributed by atoms with E-state index >= 15 is 0 Å². The van der Waals surface area contributed by atoms with Crippen LogP contribution in [-0.4, -0.2) is 39.3 Å². The number of ketones is 1. The molecule has 1 heterocycles. The second kappa shape index (κ2) is 7.44. The topological polar surface area (TPSA) is 83.5 Å². The molecule has 1 atom stereocenters. The lowest BCUT2D eigenvalue weighted by atomic mass is 9.94. The highest BCUT2D eigenvalue weighted by Gasteiger charge is 2.37. The molecule has 2 aromatic rings. The highest BCUT2D eigenvalue weighted by atomic mass is 35.5. The SMILES string of the molecule is COc1ccc(C2CC(=O)c3c(O)c(OC)c(OC)c(OC)c3O2)cc1Cl. The van der Waals surface area contributed by atoms with E-state index in [1.54, 1.807) is 18.2 Å². The molecule has 0 fully saturated rings. The van der Waals surface area contributed by atoms with Crippen molar-refractivity contribution in [3.8, 4) is 34.5 Å². The number of halogens is 1. The number of phenolic OH excluding ortho intramolecular Hbond substituents is 1. The number of fused-ring (bicyclic) bond motifs is 1. The second-order valence-electron chi connectivity index (χ2n) is 5.78. The van der Waals surface area contributed by atoms with Crippen molar-refractivity contribution in [2.24, 2.45) is 0 Å². The number of aromatic hydroxyl groups is 1. The predicted octanol–water partition coefficient (Wildman–Crippen LogP) is 3.79. The smallest absolute Gasteiger partial charge is 0.211 e. The standard InChI is InChI=1S/C19H19ClO7/c1-23-12-6-5-9(7-10(12)20)13-8-11(21)14-15(22)17(24-2)19(26-4)18(25-3)16(14)27-13/h5-7,13,22H,8H2,1-4H3. The first-order valence-corrected chi connectivity index (χ1v) is 8.42. The Morgan fingerprint density at radius 2 is 1.70 bits per heavy atom. The van der Waals surface area contributed by atoms with E-state index in [9.17, 15) is 9.90 Å². The van der Waals surface area contributed by atoms with Gasteiger partial charge in [0, 0.05) is 0 Å². The van der Waals surface area contributed by atoms with E-state index in [4.69, 9.17) is 35.3 Å². The van der Waals surface area contributed by atoms with Crippen molar-refractivity contribution in [3.05, 3.63) is 34.3 Å². The average Bonchev–Trinajstić information content (AvgIpc) is 2.66. The number of methoxy groups -OCH3 is 4. The molecule has 0 saturated carbocycles. The number of hydrogen-bond donors (Lipinski definition) is 1. The fraction of sp³-hybridized carbons (Fsp3) is 0.316. The van der Waals surface area contributed by atoms with E-state index in [0.717, 1.165) is 0 Å². The molecule has 0 saturated heterocycles. The van der Waals surface area contributed by atoms with Gasteiger partial charge in [0.05, 0.1) is 39.9 Å². The molecule has 0 aromatic heterocycles. The van der Waals surface area contributed by atoms with Crippen LogP contribution in [0.5, 0.6) is 34.5 Å². The lowest BCUT2D eigenvalue weighted by Crippen LogP contribution is -2.21. The Morgan fingerprint density at radius 1 is 1.04 bits per heavy atom. The molecule has 2 aromatic carbocycles. The van der Waals surface area contributed by atoms with Crippen LogP contribution in [0, 0.1) is 0 Å². The molecule has 0 aliphatic carbocycles. The fourth-order valence-electron chi connectivity index (χ4n) is 3.10. The van der Waals surface area contributed by atoms with Gasteiger partial charge in [-0.05, 0) is 17.7 Å². The summed E-state index contributed by atoms with van der Waals surface area (Å²) in [5.41, 5.74) is 0.691. The Kier molecular flexibility index (Phi) is 5.23. The van der Waals surface area contributed by atoms with Crippen LogP contribution in [0.15, 0.2) is 18.2 Å². The van der Waals surface area contributed by atoms with E-state index in [-0.39, 0.29) is 46.5 Å². The number of phenols is 1. The molecular weight excluding hydrogens is 376 g/mol. The number of carbonyl (C=O) groups excluding carboxylic acids is 1. The van der Waals surface area contributed by atoms with Crippen LogP contribution in [-0.2, 0) is 0 Å².